The third kappa shape index (κ3) is 42.3. The Bertz CT molecular complexity index is 2410. The molecular weight excluding hydrogens is 1180 g/mol. The molecule has 0 unspecified atom stereocenters. The first-order valence-corrected chi connectivity index (χ1v) is 25.7. The molecule has 0 spiro atoms. The van der Waals surface area contributed by atoms with Crippen molar-refractivity contribution >= 4 is 115 Å². The molecule has 2 aliphatic heterocycles. The summed E-state index contributed by atoms with van der Waals surface area (Å²) >= 11 is 6.40. The van der Waals surface area contributed by atoms with Gasteiger partial charge in [0.05, 0.1) is 30.9 Å². The third-order valence-corrected chi connectivity index (χ3v) is 11.6. The number of rotatable bonds is 10. The maximum atomic E-state index is 10.6. The van der Waals surface area contributed by atoms with Gasteiger partial charge in [-0.2, -0.15) is 0 Å². The summed E-state index contributed by atoms with van der Waals surface area (Å²) in [5, 5.41) is 35.4. The van der Waals surface area contributed by atoms with Crippen molar-refractivity contribution in [2.24, 2.45) is 11.5 Å². The normalized spacial score (nSPS) is 10.3. The fourth-order valence-corrected chi connectivity index (χ4v) is 5.99. The van der Waals surface area contributed by atoms with Gasteiger partial charge >= 0.3 is 55.4 Å². The Morgan fingerprint density at radius 2 is 1.12 bits per heavy atom. The van der Waals surface area contributed by atoms with E-state index < -0.39 is 11.9 Å². The van der Waals surface area contributed by atoms with E-state index in [0.29, 0.717) is 36.3 Å². The summed E-state index contributed by atoms with van der Waals surface area (Å²) in [6.45, 7) is 9.05. The zero-order valence-corrected chi connectivity index (χ0v) is 46.2. The van der Waals surface area contributed by atoms with Gasteiger partial charge in [-0.15, -0.1) is 0 Å². The summed E-state index contributed by atoms with van der Waals surface area (Å²) in [7, 11) is 9.59. The summed E-state index contributed by atoms with van der Waals surface area (Å²) in [5.41, 5.74) is 41.6. The minimum atomic E-state index is -0.988. The number of aromatic carboxylic acids is 1. The van der Waals surface area contributed by atoms with Gasteiger partial charge in [0.25, 0.3) is 5.91 Å². The van der Waals surface area contributed by atoms with Gasteiger partial charge < -0.3 is 69.8 Å². The second kappa shape index (κ2) is 60.5. The maximum Gasteiger partial charge on any atom is 0.337 e. The van der Waals surface area contributed by atoms with E-state index in [1.165, 1.54) is 36.1 Å². The molecule has 6 aromatic rings. The molecule has 0 aliphatic carbocycles. The summed E-state index contributed by atoms with van der Waals surface area (Å²) in [5.74, 6) is -1.48. The molecule has 471 valence electrons. The van der Waals surface area contributed by atoms with E-state index >= 15 is 0 Å². The second-order valence-corrected chi connectivity index (χ2v) is 16.7. The Hall–Kier alpha value is -6.14. The number of nitrogens with two attached hydrogens (primary N) is 6. The number of carboxylic acids is 1. The number of alkyl halides is 2. The molecule has 2 heterocycles. The number of nitrogens with zero attached hydrogens (tertiary/aromatic N) is 1. The molecule has 17 N–H and O–H groups in total. The monoisotopic (exact) mass is 1300 g/mol. The molecule has 0 saturated carbocycles. The van der Waals surface area contributed by atoms with Crippen LogP contribution in [0.4, 0.5) is 34.1 Å². The Kier molecular flexibility index (Phi) is 67.9. The molecular formula is C58H111B5Br2N9O9. The molecule has 18 nitrogen and oxygen atoms in total. The minimum Gasteiger partial charge on any atom is -0.478 e. The largest absolute Gasteiger partial charge is 0.478 e. The van der Waals surface area contributed by atoms with Crippen molar-refractivity contribution in [3.05, 3.63) is 179 Å². The third-order valence-electron chi connectivity index (χ3n) is 9.76. The number of amides is 1. The first-order valence-electron chi connectivity index (χ1n) is 23.5. The van der Waals surface area contributed by atoms with Crippen LogP contribution in [-0.2, 0) is 45.4 Å². The predicted molar refractivity (Wildman–Crippen MR) is 383 cm³/mol. The van der Waals surface area contributed by atoms with Crippen LogP contribution in [0, 0.1) is 0 Å². The zero-order chi connectivity index (χ0) is 56.9. The maximum absolute atomic E-state index is 10.6. The average molecular weight is 1300 g/mol. The number of nitrogens with one attached hydrogen (secondary N) is 2. The summed E-state index contributed by atoms with van der Waals surface area (Å²) in [6, 6.07) is 44.4. The molecule has 8 rings (SSSR count). The molecule has 6 aromatic carbocycles. The fraction of sp³-hybridized carbons (Fsp3) is 0.345. The van der Waals surface area contributed by atoms with E-state index in [4.69, 9.17) is 49.4 Å². The van der Waals surface area contributed by atoms with Crippen molar-refractivity contribution in [1.29, 1.82) is 0 Å². The topological polar surface area (TPSA) is 323 Å². The molecule has 83 heavy (non-hydrogen) atoms. The number of fused-ring (bicyclic) bond motifs is 2. The molecule has 25 heteroatoms. The number of para-hydroxylation sites is 6. The van der Waals surface area contributed by atoms with Gasteiger partial charge in [-0.1, -0.05) is 181 Å². The van der Waals surface area contributed by atoms with Crippen LogP contribution >= 0.6 is 31.9 Å². The van der Waals surface area contributed by atoms with Crippen LogP contribution in [0.5, 0.6) is 0 Å². The Balaban J connectivity index is -0.0000000542. The number of ether oxygens (including phenoxy) is 1. The van der Waals surface area contributed by atoms with Gasteiger partial charge in [-0.05, 0) is 66.5 Å². The van der Waals surface area contributed by atoms with Crippen molar-refractivity contribution in [1.82, 2.24) is 4.81 Å². The van der Waals surface area contributed by atoms with Crippen molar-refractivity contribution in [2.75, 3.05) is 77.0 Å². The summed E-state index contributed by atoms with van der Waals surface area (Å²) < 4.78 is 14.8. The van der Waals surface area contributed by atoms with Crippen LogP contribution in [0.3, 0.4) is 0 Å². The molecule has 0 bridgehead atoms. The van der Waals surface area contributed by atoms with E-state index in [1.54, 1.807) is 61.4 Å². The average Bonchev–Trinajstić information content (AvgIpc) is 4.11. The number of hydrogen-bond acceptors (Lipinski definition) is 16. The number of nitrogen functional groups attached to an aromatic ring is 4. The van der Waals surface area contributed by atoms with Gasteiger partial charge in [-0.3, -0.25) is 4.79 Å². The van der Waals surface area contributed by atoms with E-state index in [1.807, 2.05) is 67.5 Å². The van der Waals surface area contributed by atoms with Gasteiger partial charge in [0.2, 0.25) is 0 Å². The van der Waals surface area contributed by atoms with E-state index in [0.717, 1.165) is 66.9 Å². The number of halogens is 2. The predicted octanol–water partition coefficient (Wildman–Crippen LogP) is 12.3. The minimum absolute atomic E-state index is 0. The van der Waals surface area contributed by atoms with Gasteiger partial charge in [0.1, 0.15) is 0 Å². The molecule has 0 aromatic heterocycles. The number of aliphatic hydroxyl groups excluding tert-OH is 1. The van der Waals surface area contributed by atoms with Crippen LogP contribution < -0.4 is 45.0 Å². The molecule has 2 aliphatic rings. The van der Waals surface area contributed by atoms with Gasteiger partial charge in [-0.25, -0.2) is 4.79 Å². The standard InChI is InChI=1S/C10H15BN2O.C9H11NO.C7H8N2O.C7H10N2.C7H7NO2.C7H9NO.C2H5B2O3.C2H4Br2.7CH4.B2.7H2/c1-11(14)13-7-6-12-10-5-3-2-4-9(10)8-13;1-2-4-9-8(3-1)7-11-6-5-10-9;8-6-4-2-1-3-5(6)7(9)10;8-5-6-3-1-2-4-7(6)9;8-6-4-2-1-3-5(6)7(9)10;8-7-4-2-1-3-6(7)5-9;1-3-7-6-2-4-5;3-1-2-4;;;;;;;;1-2;;;;;;;/h2-5,12,14H,6-8H2,1H3;1-4,10H,5-7H2;1-4H,8H2,(H2,9,10);1-4H,5,8-9H2;1-4H,8H2,(H,9,10);1-4,9H,5,8H2;2H2,1H3;1-2H2;7*1H4;;7*1H/i;;;;;;;;;;;;;;;;6*1+1;. The van der Waals surface area contributed by atoms with Crippen LogP contribution in [0.2, 0.25) is 13.6 Å². The smallest absolute Gasteiger partial charge is 0.337 e. The van der Waals surface area contributed by atoms with Gasteiger partial charge in [0.15, 0.2) is 0 Å². The number of anilines is 6. The Morgan fingerprint density at radius 3 is 1.49 bits per heavy atom. The van der Waals surface area contributed by atoms with Crippen molar-refractivity contribution in [3.8, 4) is 0 Å². The van der Waals surface area contributed by atoms with E-state index in [9.17, 15) is 19.3 Å². The quantitative estimate of drug-likeness (QED) is 0.0152. The summed E-state index contributed by atoms with van der Waals surface area (Å²) in [6.07, 6.45) is 0. The fourth-order valence-electron chi connectivity index (χ4n) is 5.99. The second-order valence-electron chi connectivity index (χ2n) is 15.1. The molecule has 1 amide bonds. The van der Waals surface area contributed by atoms with Crippen molar-refractivity contribution in [2.45, 2.75) is 91.9 Å². The first-order chi connectivity index (χ1) is 36.7. The van der Waals surface area contributed by atoms with Crippen LogP contribution in [0.15, 0.2) is 146 Å². The molecule has 0 atom stereocenters. The van der Waals surface area contributed by atoms with Crippen LogP contribution in [0.25, 0.3) is 0 Å². The SMILES string of the molecule is BrCCBr.C.C.C.C.C.C.C.CB(O)N1CCNc2ccccc2C1.C[B]OOCB=O.NC(=O)c1ccccc1N.NCc1ccccc1N.Nc1ccccc1C(=O)O.Nc1ccccc1CO.[2HH].[2HH].[2HH].[2HH].[2HH].[2HH].[B][B].[HH].c1ccc2c(c1)COCCN2. The number of carbonyl (C=O) groups is 2. The van der Waals surface area contributed by atoms with Gasteiger partial charge in [0, 0.05) is 114 Å². The summed E-state index contributed by atoms with van der Waals surface area (Å²) in [4.78, 5) is 31.4. The number of benzene rings is 6. The van der Waals surface area contributed by atoms with E-state index in [-0.39, 0.29) is 87.7 Å². The zero-order valence-electron chi connectivity index (χ0n) is 43.0. The Morgan fingerprint density at radius 1 is 0.699 bits per heavy atom. The van der Waals surface area contributed by atoms with E-state index in [2.05, 4.69) is 96.7 Å². The number of hydrogen-bond donors (Lipinski definition) is 11. The number of aliphatic hydroxyl groups is 1. The van der Waals surface area contributed by atoms with Crippen molar-refractivity contribution in [3.63, 3.8) is 0 Å². The number of carboxylic acid groups (broad SMARTS) is 1. The molecule has 0 fully saturated rings. The van der Waals surface area contributed by atoms with Crippen molar-refractivity contribution < 1.29 is 53.9 Å². The number of primary amides is 1. The van der Waals surface area contributed by atoms with Crippen LogP contribution in [0.1, 0.15) is 105 Å². The number of carbonyl (C=O) groups excluding carboxylic acids is 1. The Labute approximate surface area is 530 Å². The van der Waals surface area contributed by atoms with Crippen LogP contribution in [-0.4, -0.2) is 112 Å². The first kappa shape index (κ1) is 93.3. The molecule has 0 saturated heterocycles. The molecule has 5 radical (unpaired) electrons.